The van der Waals surface area contributed by atoms with E-state index in [-0.39, 0.29) is 19.0 Å². The maximum atomic E-state index is 12.4. The highest BCUT2D eigenvalue weighted by Crippen LogP contribution is 2.36. The Bertz CT molecular complexity index is 532. The molecule has 0 aromatic heterocycles. The second-order valence-corrected chi connectivity index (χ2v) is 6.65. The maximum Gasteiger partial charge on any atom is 0.401 e. The van der Waals surface area contributed by atoms with E-state index in [1.807, 2.05) is 26.8 Å². The van der Waals surface area contributed by atoms with Gasteiger partial charge in [-0.2, -0.15) is 13.2 Å². The lowest BCUT2D eigenvalue weighted by molar-refractivity contribution is -0.144. The Hall–Kier alpha value is -1.07. The first-order chi connectivity index (χ1) is 12.2. The van der Waals surface area contributed by atoms with Crippen molar-refractivity contribution in [1.82, 2.24) is 4.90 Å². The normalized spacial score (nSPS) is 19.9. The molecule has 1 heterocycles. The Balaban J connectivity index is 0.000000920. The number of likely N-dealkylation sites (tertiary alicyclic amines) is 1. The van der Waals surface area contributed by atoms with Crippen LogP contribution in [0.4, 0.5) is 13.2 Å². The van der Waals surface area contributed by atoms with Crippen molar-refractivity contribution in [3.63, 3.8) is 0 Å². The van der Waals surface area contributed by atoms with Gasteiger partial charge in [-0.3, -0.25) is 4.90 Å². The Morgan fingerprint density at radius 1 is 1.19 bits per heavy atom. The standard InChI is InChI=1S/C14H15ClF3NO.C4H10.C2H6/c1-9-2-3-11(13(15)4-9)12-6-19(5-10(12)7-20)8-14(16,17)18;1-3-4-2;1-2/h2-4,7,10,12H,5-6,8H2,1H3;3-4H2,1-2H3;1-2H3. The van der Waals surface area contributed by atoms with E-state index in [1.54, 1.807) is 12.1 Å². The van der Waals surface area contributed by atoms with Crippen LogP contribution in [-0.2, 0) is 4.79 Å². The van der Waals surface area contributed by atoms with E-state index in [9.17, 15) is 18.0 Å². The summed E-state index contributed by atoms with van der Waals surface area (Å²) >= 11 is 6.16. The molecule has 1 aromatic carbocycles. The highest BCUT2D eigenvalue weighted by molar-refractivity contribution is 6.31. The predicted molar refractivity (Wildman–Crippen MR) is 103 cm³/mol. The van der Waals surface area contributed by atoms with Crippen molar-refractivity contribution in [3.8, 4) is 0 Å². The third-order valence-corrected chi connectivity index (χ3v) is 4.40. The number of aldehydes is 1. The largest absolute Gasteiger partial charge is 0.401 e. The zero-order chi connectivity index (χ0) is 20.3. The van der Waals surface area contributed by atoms with E-state index in [2.05, 4.69) is 13.8 Å². The Kier molecular flexibility index (Phi) is 11.8. The van der Waals surface area contributed by atoms with Crippen LogP contribution < -0.4 is 0 Å². The van der Waals surface area contributed by atoms with Crippen LogP contribution in [-0.4, -0.2) is 37.0 Å². The average molecular weight is 394 g/mol. The third kappa shape index (κ3) is 8.54. The summed E-state index contributed by atoms with van der Waals surface area (Å²) in [5.41, 5.74) is 1.73. The summed E-state index contributed by atoms with van der Waals surface area (Å²) < 4.78 is 37.3. The number of aryl methyl sites for hydroxylation is 1. The molecule has 0 aliphatic carbocycles. The predicted octanol–water partition coefficient (Wildman–Crippen LogP) is 6.26. The van der Waals surface area contributed by atoms with E-state index < -0.39 is 18.6 Å². The molecule has 0 saturated carbocycles. The molecule has 0 spiro atoms. The summed E-state index contributed by atoms with van der Waals surface area (Å²) in [5.74, 6) is -0.722. The van der Waals surface area contributed by atoms with Crippen molar-refractivity contribution in [1.29, 1.82) is 0 Å². The van der Waals surface area contributed by atoms with Crippen molar-refractivity contribution in [3.05, 3.63) is 34.3 Å². The number of carbonyl (C=O) groups excluding carboxylic acids is 1. The second-order valence-electron chi connectivity index (χ2n) is 6.24. The molecule has 2 rings (SSSR count). The molecule has 1 fully saturated rings. The fourth-order valence-corrected chi connectivity index (χ4v) is 3.07. The summed E-state index contributed by atoms with van der Waals surface area (Å²) in [6, 6.07) is 5.43. The van der Waals surface area contributed by atoms with Crippen molar-refractivity contribution < 1.29 is 18.0 Å². The molecule has 0 amide bonds. The van der Waals surface area contributed by atoms with Gasteiger partial charge < -0.3 is 4.79 Å². The van der Waals surface area contributed by atoms with E-state index in [0.29, 0.717) is 5.02 Å². The van der Waals surface area contributed by atoms with Crippen LogP contribution in [0.2, 0.25) is 5.02 Å². The number of unbranched alkanes of at least 4 members (excludes halogenated alkanes) is 1. The Morgan fingerprint density at radius 3 is 2.19 bits per heavy atom. The smallest absolute Gasteiger partial charge is 0.303 e. The van der Waals surface area contributed by atoms with Crippen LogP contribution in [0, 0.1) is 12.8 Å². The average Bonchev–Trinajstić information content (AvgIpc) is 2.97. The Morgan fingerprint density at radius 2 is 1.77 bits per heavy atom. The fourth-order valence-electron chi connectivity index (χ4n) is 2.70. The number of hydrogen-bond donors (Lipinski definition) is 0. The summed E-state index contributed by atoms with van der Waals surface area (Å²) in [5, 5.41) is 0.510. The highest BCUT2D eigenvalue weighted by Gasteiger charge is 2.39. The lowest BCUT2D eigenvalue weighted by atomic mass is 9.89. The highest BCUT2D eigenvalue weighted by atomic mass is 35.5. The first-order valence-electron chi connectivity index (χ1n) is 9.22. The minimum Gasteiger partial charge on any atom is -0.303 e. The van der Waals surface area contributed by atoms with Gasteiger partial charge in [-0.15, -0.1) is 0 Å². The first kappa shape index (κ1) is 24.9. The number of hydrogen-bond acceptors (Lipinski definition) is 2. The second kappa shape index (κ2) is 12.3. The Labute approximate surface area is 160 Å². The van der Waals surface area contributed by atoms with Gasteiger partial charge in [-0.1, -0.05) is 64.3 Å². The van der Waals surface area contributed by atoms with Crippen molar-refractivity contribution in [2.24, 2.45) is 5.92 Å². The quantitative estimate of drug-likeness (QED) is 0.563. The van der Waals surface area contributed by atoms with Gasteiger partial charge in [0, 0.05) is 29.9 Å². The van der Waals surface area contributed by atoms with Gasteiger partial charge in [-0.05, 0) is 24.1 Å². The number of benzene rings is 1. The summed E-state index contributed by atoms with van der Waals surface area (Å²) in [4.78, 5) is 12.4. The number of nitrogens with zero attached hydrogens (tertiary/aromatic N) is 1. The zero-order valence-corrected chi connectivity index (χ0v) is 17.1. The van der Waals surface area contributed by atoms with E-state index in [4.69, 9.17) is 11.6 Å². The summed E-state index contributed by atoms with van der Waals surface area (Å²) in [7, 11) is 0. The molecule has 2 atom stereocenters. The number of rotatable bonds is 4. The molecular weight excluding hydrogens is 363 g/mol. The van der Waals surface area contributed by atoms with Crippen LogP contribution >= 0.6 is 11.6 Å². The molecule has 1 aliphatic rings. The molecule has 0 N–H and O–H groups in total. The zero-order valence-electron chi connectivity index (χ0n) is 16.4. The van der Waals surface area contributed by atoms with Crippen LogP contribution in [0.15, 0.2) is 18.2 Å². The molecule has 1 aliphatic heterocycles. The van der Waals surface area contributed by atoms with E-state index in [1.165, 1.54) is 17.7 Å². The van der Waals surface area contributed by atoms with Gasteiger partial charge in [-0.25, -0.2) is 0 Å². The minimum atomic E-state index is -4.25. The van der Waals surface area contributed by atoms with Gasteiger partial charge in [0.15, 0.2) is 0 Å². The van der Waals surface area contributed by atoms with Gasteiger partial charge in [0.05, 0.1) is 6.54 Å². The number of carbonyl (C=O) groups is 1. The molecular formula is C20H31ClF3NO. The van der Waals surface area contributed by atoms with Crippen molar-refractivity contribution in [2.75, 3.05) is 19.6 Å². The maximum absolute atomic E-state index is 12.4. The van der Waals surface area contributed by atoms with Crippen LogP contribution in [0.5, 0.6) is 0 Å². The minimum absolute atomic E-state index is 0.123. The lowest BCUT2D eigenvalue weighted by Crippen LogP contribution is -2.32. The van der Waals surface area contributed by atoms with Crippen LogP contribution in [0.25, 0.3) is 0 Å². The lowest BCUT2D eigenvalue weighted by Gasteiger charge is -2.18. The molecule has 150 valence electrons. The van der Waals surface area contributed by atoms with Crippen LogP contribution in [0.3, 0.4) is 0 Å². The van der Waals surface area contributed by atoms with E-state index in [0.717, 1.165) is 17.4 Å². The fraction of sp³-hybridized carbons (Fsp3) is 0.650. The molecule has 26 heavy (non-hydrogen) atoms. The van der Waals surface area contributed by atoms with Crippen molar-refractivity contribution >= 4 is 17.9 Å². The molecule has 1 aromatic rings. The summed E-state index contributed by atoms with van der Waals surface area (Å²) in [6.07, 6.45) is -0.878. The van der Waals surface area contributed by atoms with Gasteiger partial charge in [0.1, 0.15) is 6.29 Å². The molecule has 0 radical (unpaired) electrons. The third-order valence-electron chi connectivity index (χ3n) is 4.07. The number of halogens is 4. The topological polar surface area (TPSA) is 20.3 Å². The van der Waals surface area contributed by atoms with Crippen molar-refractivity contribution in [2.45, 2.75) is 59.6 Å². The number of alkyl halides is 3. The first-order valence-corrected chi connectivity index (χ1v) is 9.60. The monoisotopic (exact) mass is 393 g/mol. The molecule has 6 heteroatoms. The molecule has 2 nitrogen and oxygen atoms in total. The van der Waals surface area contributed by atoms with E-state index >= 15 is 0 Å². The van der Waals surface area contributed by atoms with Gasteiger partial charge in [0.2, 0.25) is 0 Å². The van der Waals surface area contributed by atoms with Gasteiger partial charge >= 0.3 is 6.18 Å². The molecule has 1 saturated heterocycles. The molecule has 0 bridgehead atoms. The van der Waals surface area contributed by atoms with Crippen LogP contribution in [0.1, 0.15) is 57.6 Å². The SMILES string of the molecule is CC.CCCC.Cc1ccc(C2CN(CC(F)(F)F)CC2C=O)c(Cl)c1. The van der Waals surface area contributed by atoms with Gasteiger partial charge in [0.25, 0.3) is 0 Å². The summed E-state index contributed by atoms with van der Waals surface area (Å²) in [6.45, 7) is 9.58. The molecule has 2 unspecified atom stereocenters.